The van der Waals surface area contributed by atoms with E-state index in [1.807, 2.05) is 36.4 Å². The summed E-state index contributed by atoms with van der Waals surface area (Å²) in [5, 5.41) is 0.593. The van der Waals surface area contributed by atoms with Crippen molar-refractivity contribution in [1.29, 1.82) is 0 Å². The largest absolute Gasteiger partial charge is 0.460 e. The Balaban J connectivity index is 1.77. The van der Waals surface area contributed by atoms with Crippen LogP contribution in [0.25, 0.3) is 22.0 Å². The minimum Gasteiger partial charge on any atom is -0.460 e. The average molecular weight is 288 g/mol. The molecule has 0 N–H and O–H groups in total. The van der Waals surface area contributed by atoms with E-state index in [1.54, 1.807) is 18.3 Å². The van der Waals surface area contributed by atoms with Crippen LogP contribution in [0.5, 0.6) is 0 Å². The van der Waals surface area contributed by atoms with Crippen molar-refractivity contribution < 1.29 is 4.42 Å². The molecule has 2 aromatic carbocycles. The molecule has 4 rings (SSSR count). The number of fused-ring (bicyclic) bond motifs is 2. The standard InChI is InChI=1S/C18H12N2O2/c21-17-10-13(22-18-8-4-1-5-14(17)18)9-12-11-19-15-6-2-3-7-16(15)20-12/h1-8,10-11H,9H2. The van der Waals surface area contributed by atoms with Crippen LogP contribution in [-0.4, -0.2) is 9.97 Å². The van der Waals surface area contributed by atoms with Gasteiger partial charge < -0.3 is 4.42 Å². The fraction of sp³-hybridized carbons (Fsp3) is 0.0556. The van der Waals surface area contributed by atoms with Crippen molar-refractivity contribution in [3.05, 3.63) is 82.5 Å². The molecule has 0 unspecified atom stereocenters. The zero-order valence-corrected chi connectivity index (χ0v) is 11.7. The van der Waals surface area contributed by atoms with Gasteiger partial charge in [-0.2, -0.15) is 0 Å². The van der Waals surface area contributed by atoms with Gasteiger partial charge in [0.2, 0.25) is 0 Å². The molecule has 0 spiro atoms. The summed E-state index contributed by atoms with van der Waals surface area (Å²) in [6.45, 7) is 0. The van der Waals surface area contributed by atoms with Crippen molar-refractivity contribution in [3.8, 4) is 0 Å². The molecule has 4 aromatic rings. The number of para-hydroxylation sites is 3. The van der Waals surface area contributed by atoms with Gasteiger partial charge in [-0.05, 0) is 24.3 Å². The molecule has 0 aliphatic heterocycles. The van der Waals surface area contributed by atoms with Gasteiger partial charge in [0.1, 0.15) is 11.3 Å². The van der Waals surface area contributed by atoms with Crippen LogP contribution in [0.4, 0.5) is 0 Å². The van der Waals surface area contributed by atoms with Gasteiger partial charge in [-0.3, -0.25) is 9.78 Å². The van der Waals surface area contributed by atoms with Gasteiger partial charge in [0.15, 0.2) is 5.43 Å². The third-order valence-corrected chi connectivity index (χ3v) is 3.54. The normalized spacial score (nSPS) is 11.1. The SMILES string of the molecule is O=c1cc(Cc2cnc3ccccc3n2)oc2ccccc12. The highest BCUT2D eigenvalue weighted by Crippen LogP contribution is 2.15. The molecule has 0 aliphatic carbocycles. The van der Waals surface area contributed by atoms with E-state index in [-0.39, 0.29) is 5.43 Å². The van der Waals surface area contributed by atoms with Crippen LogP contribution in [0, 0.1) is 0 Å². The fourth-order valence-electron chi connectivity index (χ4n) is 2.50. The molecule has 4 nitrogen and oxygen atoms in total. The second-order valence-electron chi connectivity index (χ2n) is 5.10. The Kier molecular flexibility index (Phi) is 2.93. The number of aromatic nitrogens is 2. The Morgan fingerprint density at radius 1 is 0.955 bits per heavy atom. The van der Waals surface area contributed by atoms with E-state index in [9.17, 15) is 4.79 Å². The predicted octanol–water partition coefficient (Wildman–Crippen LogP) is 3.33. The maximum atomic E-state index is 12.1. The molecule has 0 saturated carbocycles. The van der Waals surface area contributed by atoms with Gasteiger partial charge in [0.05, 0.1) is 22.1 Å². The number of hydrogen-bond acceptors (Lipinski definition) is 4. The van der Waals surface area contributed by atoms with Crippen LogP contribution in [-0.2, 0) is 6.42 Å². The summed E-state index contributed by atoms with van der Waals surface area (Å²) in [6.07, 6.45) is 2.16. The minimum atomic E-state index is -0.0365. The summed E-state index contributed by atoms with van der Waals surface area (Å²) in [6, 6.07) is 16.5. The maximum absolute atomic E-state index is 12.1. The molecule has 106 valence electrons. The van der Waals surface area contributed by atoms with Gasteiger partial charge in [0.25, 0.3) is 0 Å². The van der Waals surface area contributed by atoms with Gasteiger partial charge in [-0.1, -0.05) is 24.3 Å². The Hall–Kier alpha value is -3.01. The topological polar surface area (TPSA) is 56.0 Å². The molecule has 0 aliphatic rings. The lowest BCUT2D eigenvalue weighted by Crippen LogP contribution is -2.03. The molecular weight excluding hydrogens is 276 g/mol. The molecule has 0 atom stereocenters. The van der Waals surface area contributed by atoms with E-state index in [4.69, 9.17) is 4.42 Å². The Morgan fingerprint density at radius 2 is 1.73 bits per heavy atom. The van der Waals surface area contributed by atoms with Crippen LogP contribution < -0.4 is 5.43 Å². The van der Waals surface area contributed by atoms with Crippen molar-refractivity contribution in [2.24, 2.45) is 0 Å². The number of nitrogens with zero attached hydrogens (tertiary/aromatic N) is 2. The third-order valence-electron chi connectivity index (χ3n) is 3.54. The molecule has 0 amide bonds. The summed E-state index contributed by atoms with van der Waals surface area (Å²) in [4.78, 5) is 21.0. The second-order valence-corrected chi connectivity index (χ2v) is 5.10. The third kappa shape index (κ3) is 2.24. The molecule has 22 heavy (non-hydrogen) atoms. The molecule has 0 radical (unpaired) electrons. The highest BCUT2D eigenvalue weighted by atomic mass is 16.3. The minimum absolute atomic E-state index is 0.0365. The summed E-state index contributed by atoms with van der Waals surface area (Å²) in [5.41, 5.74) is 3.02. The first-order valence-electron chi connectivity index (χ1n) is 7.02. The predicted molar refractivity (Wildman–Crippen MR) is 84.8 cm³/mol. The van der Waals surface area contributed by atoms with Crippen LogP contribution >= 0.6 is 0 Å². The maximum Gasteiger partial charge on any atom is 0.192 e. The lowest BCUT2D eigenvalue weighted by atomic mass is 10.2. The summed E-state index contributed by atoms with van der Waals surface area (Å²) in [5.74, 6) is 0.591. The molecule has 2 heterocycles. The van der Waals surface area contributed by atoms with Crippen molar-refractivity contribution in [3.63, 3.8) is 0 Å². The lowest BCUT2D eigenvalue weighted by Gasteiger charge is -2.04. The number of hydrogen-bond donors (Lipinski definition) is 0. The van der Waals surface area contributed by atoms with E-state index < -0.39 is 0 Å². The Labute approximate surface area is 126 Å². The quantitative estimate of drug-likeness (QED) is 0.567. The Morgan fingerprint density at radius 3 is 2.64 bits per heavy atom. The summed E-state index contributed by atoms with van der Waals surface area (Å²) >= 11 is 0. The highest BCUT2D eigenvalue weighted by molar-refractivity contribution is 5.76. The van der Waals surface area contributed by atoms with Gasteiger partial charge in [-0.15, -0.1) is 0 Å². The van der Waals surface area contributed by atoms with Gasteiger partial charge >= 0.3 is 0 Å². The summed E-state index contributed by atoms with van der Waals surface area (Å²) < 4.78 is 5.79. The van der Waals surface area contributed by atoms with E-state index in [0.717, 1.165) is 16.7 Å². The van der Waals surface area contributed by atoms with Crippen molar-refractivity contribution >= 4 is 22.0 Å². The second kappa shape index (κ2) is 5.07. The number of benzene rings is 2. The number of rotatable bonds is 2. The zero-order valence-electron chi connectivity index (χ0n) is 11.7. The highest BCUT2D eigenvalue weighted by Gasteiger charge is 2.07. The van der Waals surface area contributed by atoms with Gasteiger partial charge in [-0.25, -0.2) is 4.98 Å². The van der Waals surface area contributed by atoms with Crippen molar-refractivity contribution in [2.75, 3.05) is 0 Å². The molecule has 0 bridgehead atoms. The monoisotopic (exact) mass is 288 g/mol. The lowest BCUT2D eigenvalue weighted by molar-refractivity contribution is 0.547. The zero-order chi connectivity index (χ0) is 14.9. The first-order valence-corrected chi connectivity index (χ1v) is 7.02. The molecule has 2 aromatic heterocycles. The van der Waals surface area contributed by atoms with Gasteiger partial charge in [0, 0.05) is 18.7 Å². The Bertz CT molecular complexity index is 1040. The van der Waals surface area contributed by atoms with E-state index in [1.165, 1.54) is 6.07 Å². The first-order chi connectivity index (χ1) is 10.8. The van der Waals surface area contributed by atoms with Crippen molar-refractivity contribution in [2.45, 2.75) is 6.42 Å². The molecule has 4 heteroatoms. The summed E-state index contributed by atoms with van der Waals surface area (Å²) in [7, 11) is 0. The molecule has 0 saturated heterocycles. The van der Waals surface area contributed by atoms with E-state index >= 15 is 0 Å². The van der Waals surface area contributed by atoms with Crippen LogP contribution in [0.2, 0.25) is 0 Å². The first kappa shape index (κ1) is 12.7. The average Bonchev–Trinajstić information content (AvgIpc) is 2.55. The fourth-order valence-corrected chi connectivity index (χ4v) is 2.50. The van der Waals surface area contributed by atoms with Crippen LogP contribution in [0.15, 0.2) is 70.0 Å². The van der Waals surface area contributed by atoms with Crippen LogP contribution in [0.3, 0.4) is 0 Å². The van der Waals surface area contributed by atoms with E-state index in [0.29, 0.717) is 23.2 Å². The molecular formula is C18H12N2O2. The smallest absolute Gasteiger partial charge is 0.192 e. The van der Waals surface area contributed by atoms with E-state index in [2.05, 4.69) is 9.97 Å². The van der Waals surface area contributed by atoms with Crippen molar-refractivity contribution in [1.82, 2.24) is 9.97 Å². The molecule has 0 fully saturated rings. The van der Waals surface area contributed by atoms with Crippen LogP contribution in [0.1, 0.15) is 11.5 Å².